The number of para-hydroxylation sites is 1. The van der Waals surface area contributed by atoms with E-state index in [4.69, 9.17) is 42.3 Å². The number of nitrogens with zero attached hydrogens (tertiary/aromatic N) is 1. The van der Waals surface area contributed by atoms with Gasteiger partial charge in [0.2, 0.25) is 8.32 Å². The zero-order valence-corrected chi connectivity index (χ0v) is 40.0. The van der Waals surface area contributed by atoms with Crippen molar-refractivity contribution in [2.24, 2.45) is 0 Å². The second-order valence-corrected chi connectivity index (χ2v) is 22.5. The first-order valence-corrected chi connectivity index (χ1v) is 24.6. The highest BCUT2D eigenvalue weighted by Crippen LogP contribution is 2.46. The van der Waals surface area contributed by atoms with Crippen molar-refractivity contribution in [2.75, 3.05) is 60.8 Å². The van der Waals surface area contributed by atoms with Gasteiger partial charge in [0, 0.05) is 44.6 Å². The highest BCUT2D eigenvalue weighted by atomic mass is 28.4. The summed E-state index contributed by atoms with van der Waals surface area (Å²) >= 11 is 0. The summed E-state index contributed by atoms with van der Waals surface area (Å²) in [5.41, 5.74) is 4.91. The van der Waals surface area contributed by atoms with Gasteiger partial charge in [-0.1, -0.05) is 108 Å². The summed E-state index contributed by atoms with van der Waals surface area (Å²) in [7, 11) is 2.52. The van der Waals surface area contributed by atoms with Gasteiger partial charge in [0.1, 0.15) is 18.1 Å². The van der Waals surface area contributed by atoms with Crippen molar-refractivity contribution in [3.05, 3.63) is 119 Å². The third-order valence-corrected chi connectivity index (χ3v) is 18.1. The summed E-state index contributed by atoms with van der Waals surface area (Å²) in [6.45, 7) is 17.5. The summed E-state index contributed by atoms with van der Waals surface area (Å²) in [6.07, 6.45) is 0.288. The SMILES string of the molecule is COCCCOc1cc(CO[C@H]2CN(C(=O)OCc3ccccc3)C[C@@H](O[Si](C(C)C)(C(C)C)C(C)C)[C@@H]2c2ccc(OCCCOCc3ccccc3OC)cc2)ccc1OC. The number of hydrogen-bond acceptors (Lipinski definition) is 10. The average Bonchev–Trinajstić information content (AvgIpc) is 3.29. The molecular weight excluding hydrogens is 815 g/mol. The van der Waals surface area contributed by atoms with Crippen LogP contribution in [0.2, 0.25) is 16.6 Å². The van der Waals surface area contributed by atoms with Gasteiger partial charge in [0.15, 0.2) is 11.5 Å². The fourth-order valence-corrected chi connectivity index (χ4v) is 14.5. The minimum absolute atomic E-state index is 0.174. The van der Waals surface area contributed by atoms with Crippen LogP contribution in [0.25, 0.3) is 0 Å². The molecule has 1 aliphatic rings. The minimum Gasteiger partial charge on any atom is -0.496 e. The van der Waals surface area contributed by atoms with Gasteiger partial charge in [-0.2, -0.15) is 0 Å². The smallest absolute Gasteiger partial charge is 0.410 e. The maximum absolute atomic E-state index is 14.1. The summed E-state index contributed by atoms with van der Waals surface area (Å²) in [4.78, 5) is 15.8. The number of likely N-dealkylation sites (tertiary alicyclic amines) is 1. The first-order valence-electron chi connectivity index (χ1n) is 22.5. The van der Waals surface area contributed by atoms with Crippen molar-refractivity contribution >= 4 is 14.4 Å². The number of piperidine rings is 1. The molecule has 11 nitrogen and oxygen atoms in total. The molecule has 63 heavy (non-hydrogen) atoms. The Hall–Kier alpha value is -4.59. The number of methoxy groups -OCH3 is 3. The van der Waals surface area contributed by atoms with E-state index >= 15 is 0 Å². The standard InChI is InChI=1S/C51H71NO10Si/c1-37(2)63(38(3)4,39(5)6)62-49-33-52(51(53)61-34-40-17-11-10-12-18-40)32-48(60-35-41-21-26-46(56-9)47(31-41)59-30-15-27-54-7)50(49)42-22-24-44(25-23-42)58-29-16-28-57-36-43-19-13-14-20-45(43)55-8/h10-14,17-26,31,37-39,48-50H,15-16,27-30,32-36H2,1-9H3/t48-,49+,50+/m0/s1. The lowest BCUT2D eigenvalue weighted by Gasteiger charge is -2.50. The molecule has 12 heteroatoms. The van der Waals surface area contributed by atoms with Gasteiger partial charge in [0.05, 0.1) is 66.0 Å². The van der Waals surface area contributed by atoms with Gasteiger partial charge in [-0.3, -0.25) is 0 Å². The maximum Gasteiger partial charge on any atom is 0.410 e. The molecule has 0 spiro atoms. The van der Waals surface area contributed by atoms with Crippen LogP contribution < -0.4 is 18.9 Å². The molecule has 0 radical (unpaired) electrons. The fourth-order valence-electron chi connectivity index (χ4n) is 8.96. The Morgan fingerprint density at radius 3 is 1.97 bits per heavy atom. The Bertz CT molecular complexity index is 1920. The topological polar surface area (TPSA) is 103 Å². The Morgan fingerprint density at radius 1 is 0.635 bits per heavy atom. The Kier molecular flexibility index (Phi) is 19.6. The molecule has 0 aliphatic carbocycles. The number of carbonyl (C=O) groups is 1. The molecule has 1 saturated heterocycles. The van der Waals surface area contributed by atoms with E-state index in [1.165, 1.54) is 0 Å². The second kappa shape index (κ2) is 25.0. The molecule has 5 rings (SSSR count). The highest BCUT2D eigenvalue weighted by Gasteiger charge is 2.51. The van der Waals surface area contributed by atoms with E-state index in [1.807, 2.05) is 84.9 Å². The number of carbonyl (C=O) groups excluding carboxylic acids is 1. The monoisotopic (exact) mass is 885 g/mol. The van der Waals surface area contributed by atoms with Crippen molar-refractivity contribution in [3.8, 4) is 23.0 Å². The van der Waals surface area contributed by atoms with E-state index in [0.717, 1.165) is 46.6 Å². The molecule has 0 N–H and O–H groups in total. The number of amides is 1. The van der Waals surface area contributed by atoms with Gasteiger partial charge in [-0.15, -0.1) is 0 Å². The number of rotatable bonds is 25. The number of benzene rings is 4. The molecular formula is C51H71NO10Si. The van der Waals surface area contributed by atoms with Crippen LogP contribution >= 0.6 is 0 Å². The second-order valence-electron chi connectivity index (χ2n) is 17.1. The van der Waals surface area contributed by atoms with Crippen LogP contribution in [0.3, 0.4) is 0 Å². The lowest BCUT2D eigenvalue weighted by molar-refractivity contribution is -0.0663. The van der Waals surface area contributed by atoms with Crippen molar-refractivity contribution in [1.29, 1.82) is 0 Å². The first kappa shape index (κ1) is 49.4. The molecule has 3 atom stereocenters. The molecule has 4 aromatic carbocycles. The van der Waals surface area contributed by atoms with E-state index in [2.05, 4.69) is 53.7 Å². The van der Waals surface area contributed by atoms with E-state index in [1.54, 1.807) is 26.2 Å². The average molecular weight is 886 g/mol. The molecule has 1 heterocycles. The molecule has 0 bridgehead atoms. The summed E-state index contributed by atoms with van der Waals surface area (Å²) in [5.74, 6) is 2.68. The Morgan fingerprint density at radius 2 is 1.29 bits per heavy atom. The van der Waals surface area contributed by atoms with Gasteiger partial charge in [-0.05, 0) is 63.6 Å². The van der Waals surface area contributed by atoms with E-state index < -0.39 is 20.5 Å². The zero-order chi connectivity index (χ0) is 45.2. The maximum atomic E-state index is 14.1. The quantitative estimate of drug-likeness (QED) is 0.0472. The summed E-state index contributed by atoms with van der Waals surface area (Å²) < 4.78 is 55.2. The normalized spacial score (nSPS) is 16.7. The zero-order valence-electron chi connectivity index (χ0n) is 39.0. The first-order chi connectivity index (χ1) is 30.5. The summed E-state index contributed by atoms with van der Waals surface area (Å²) in [6, 6.07) is 31.8. The van der Waals surface area contributed by atoms with Gasteiger partial charge >= 0.3 is 6.09 Å². The van der Waals surface area contributed by atoms with Crippen LogP contribution in [0, 0.1) is 0 Å². The van der Waals surface area contributed by atoms with Crippen LogP contribution in [0.1, 0.15) is 82.6 Å². The van der Waals surface area contributed by atoms with Crippen LogP contribution in [-0.2, 0) is 43.2 Å². The third-order valence-electron chi connectivity index (χ3n) is 12.0. The van der Waals surface area contributed by atoms with Crippen LogP contribution in [-0.4, -0.2) is 92.4 Å². The van der Waals surface area contributed by atoms with E-state index in [0.29, 0.717) is 74.2 Å². The molecule has 0 saturated carbocycles. The van der Waals surface area contributed by atoms with Crippen molar-refractivity contribution in [2.45, 2.75) is 109 Å². The Labute approximate surface area is 377 Å². The molecule has 4 aromatic rings. The molecule has 1 fully saturated rings. The third kappa shape index (κ3) is 13.7. The van der Waals surface area contributed by atoms with Gasteiger partial charge in [-0.25, -0.2) is 4.79 Å². The predicted octanol–water partition coefficient (Wildman–Crippen LogP) is 11.0. The fraction of sp³-hybridized carbons (Fsp3) is 0.510. The highest BCUT2D eigenvalue weighted by molar-refractivity contribution is 6.77. The predicted molar refractivity (Wildman–Crippen MR) is 250 cm³/mol. The van der Waals surface area contributed by atoms with Crippen LogP contribution in [0.15, 0.2) is 97.1 Å². The van der Waals surface area contributed by atoms with Crippen LogP contribution in [0.4, 0.5) is 4.79 Å². The molecule has 0 unspecified atom stereocenters. The summed E-state index contributed by atoms with van der Waals surface area (Å²) in [5, 5.41) is 0. The Balaban J connectivity index is 1.40. The lowest BCUT2D eigenvalue weighted by atomic mass is 9.84. The molecule has 0 aromatic heterocycles. The molecule has 1 amide bonds. The lowest BCUT2D eigenvalue weighted by Crippen LogP contribution is -2.59. The largest absolute Gasteiger partial charge is 0.496 e. The number of ether oxygens (including phenoxy) is 8. The number of hydrogen-bond donors (Lipinski definition) is 0. The van der Waals surface area contributed by atoms with E-state index in [9.17, 15) is 4.79 Å². The van der Waals surface area contributed by atoms with Crippen LogP contribution in [0.5, 0.6) is 23.0 Å². The molecule has 344 valence electrons. The van der Waals surface area contributed by atoms with Crippen molar-refractivity contribution in [1.82, 2.24) is 4.90 Å². The van der Waals surface area contributed by atoms with Gasteiger partial charge < -0.3 is 47.2 Å². The van der Waals surface area contributed by atoms with E-state index in [-0.39, 0.29) is 25.2 Å². The van der Waals surface area contributed by atoms with Crippen molar-refractivity contribution in [3.63, 3.8) is 0 Å². The van der Waals surface area contributed by atoms with Crippen molar-refractivity contribution < 1.29 is 47.1 Å². The van der Waals surface area contributed by atoms with Gasteiger partial charge in [0.25, 0.3) is 0 Å². The molecule has 1 aliphatic heterocycles. The minimum atomic E-state index is -2.46.